The van der Waals surface area contributed by atoms with Crippen LogP contribution in [0.5, 0.6) is 0 Å². The lowest BCUT2D eigenvalue weighted by Crippen LogP contribution is -2.19. The highest BCUT2D eigenvalue weighted by Gasteiger charge is 2.36. The predicted molar refractivity (Wildman–Crippen MR) is 117 cm³/mol. The molecular formula is C24H35NO4. The van der Waals surface area contributed by atoms with Crippen molar-refractivity contribution in [2.45, 2.75) is 78.2 Å². The van der Waals surface area contributed by atoms with Crippen molar-refractivity contribution in [3.63, 3.8) is 0 Å². The second kappa shape index (κ2) is 14.7. The molecule has 1 rings (SSSR count). The Bertz CT molecular complexity index is 645. The van der Waals surface area contributed by atoms with Crippen LogP contribution in [0.3, 0.4) is 0 Å². The lowest BCUT2D eigenvalue weighted by atomic mass is 9.90. The highest BCUT2D eigenvalue weighted by Crippen LogP contribution is 2.38. The summed E-state index contributed by atoms with van der Waals surface area (Å²) < 4.78 is 0. The quantitative estimate of drug-likeness (QED) is 0.0866. The molecule has 3 atom stereocenters. The molecule has 0 N–H and O–H groups in total. The van der Waals surface area contributed by atoms with Gasteiger partial charge in [0.15, 0.2) is 11.1 Å². The lowest BCUT2D eigenvalue weighted by molar-refractivity contribution is -0.117. The number of nitrogens with zero attached hydrogens (tertiary/aromatic N) is 1. The van der Waals surface area contributed by atoms with E-state index in [9.17, 15) is 14.5 Å². The molecule has 0 bridgehead atoms. The van der Waals surface area contributed by atoms with Crippen molar-refractivity contribution in [2.75, 3.05) is 0 Å². The van der Waals surface area contributed by atoms with E-state index in [1.807, 2.05) is 38.2 Å². The van der Waals surface area contributed by atoms with Crippen molar-refractivity contribution in [1.29, 1.82) is 0 Å². The number of rotatable bonds is 14. The summed E-state index contributed by atoms with van der Waals surface area (Å²) in [6.07, 6.45) is 19.6. The molecule has 0 spiro atoms. The molecule has 0 aromatic carbocycles. The van der Waals surface area contributed by atoms with Crippen LogP contribution in [0.4, 0.5) is 0 Å². The minimum Gasteiger partial charge on any atom is -0.360 e. The highest BCUT2D eigenvalue weighted by molar-refractivity contribution is 5.89. The highest BCUT2D eigenvalue weighted by atomic mass is 16.7. The summed E-state index contributed by atoms with van der Waals surface area (Å²) in [5, 5.41) is 2.63. The predicted octanol–water partition coefficient (Wildman–Crippen LogP) is 6.21. The first-order valence-corrected chi connectivity index (χ1v) is 10.6. The normalized spacial score (nSPS) is 22.7. The smallest absolute Gasteiger partial charge is 0.155 e. The maximum Gasteiger partial charge on any atom is 0.155 e. The fourth-order valence-electron chi connectivity index (χ4n) is 3.63. The number of hydrogen-bond acceptors (Lipinski definition) is 5. The maximum absolute atomic E-state index is 12.2. The van der Waals surface area contributed by atoms with Crippen molar-refractivity contribution >= 4 is 11.6 Å². The second-order valence-electron chi connectivity index (χ2n) is 7.79. The minimum absolute atomic E-state index is 0.120. The van der Waals surface area contributed by atoms with Gasteiger partial charge in [0.1, 0.15) is 11.9 Å². The molecule has 160 valence electrons. The molecule has 0 aromatic heterocycles. The number of unbranched alkanes of at least 4 members (excludes halogenated alkanes) is 1. The third-order valence-electron chi connectivity index (χ3n) is 5.33. The average Bonchev–Trinajstić information content (AvgIpc) is 3.07. The van der Waals surface area contributed by atoms with Gasteiger partial charge in [-0.2, -0.15) is 0 Å². The number of Topliss-reactive ketones (excluding diaryl/α,β-unsaturated/α-hetero) is 1. The zero-order valence-corrected chi connectivity index (χ0v) is 18.0. The lowest BCUT2D eigenvalue weighted by Gasteiger charge is -2.19. The molecular weight excluding hydrogens is 366 g/mol. The summed E-state index contributed by atoms with van der Waals surface area (Å²) in [6, 6.07) is 0. The zero-order chi connectivity index (χ0) is 21.5. The third kappa shape index (κ3) is 10.7. The molecule has 1 saturated carbocycles. The Morgan fingerprint density at radius 3 is 2.59 bits per heavy atom. The Balaban J connectivity index is 2.56. The molecule has 1 aliphatic carbocycles. The Hall–Kier alpha value is -2.30. The van der Waals surface area contributed by atoms with Gasteiger partial charge in [-0.05, 0) is 71.3 Å². The first-order valence-electron chi connectivity index (χ1n) is 10.6. The topological polar surface area (TPSA) is 72.8 Å². The number of carbonyl (C=O) groups is 2. The van der Waals surface area contributed by atoms with Crippen LogP contribution in [0.2, 0.25) is 0 Å². The Kier molecular flexibility index (Phi) is 12.5. The Morgan fingerprint density at radius 1 is 1.10 bits per heavy atom. The van der Waals surface area contributed by atoms with Gasteiger partial charge in [0.2, 0.25) is 0 Å². The summed E-state index contributed by atoms with van der Waals surface area (Å²) in [7, 11) is 0. The van der Waals surface area contributed by atoms with Gasteiger partial charge in [-0.25, -0.2) is 0 Å². The molecule has 1 fully saturated rings. The van der Waals surface area contributed by atoms with E-state index >= 15 is 0 Å². The van der Waals surface area contributed by atoms with Gasteiger partial charge in [0.25, 0.3) is 0 Å². The molecule has 0 saturated heterocycles. The number of hydrogen-bond donors (Lipinski definition) is 0. The summed E-state index contributed by atoms with van der Waals surface area (Å²) in [4.78, 5) is 38.8. The van der Waals surface area contributed by atoms with Gasteiger partial charge in [0, 0.05) is 18.8 Å². The first-order chi connectivity index (χ1) is 14.0. The van der Waals surface area contributed by atoms with E-state index < -0.39 is 0 Å². The molecule has 3 unspecified atom stereocenters. The summed E-state index contributed by atoms with van der Waals surface area (Å²) in [6.45, 7) is 5.60. The average molecular weight is 402 g/mol. The van der Waals surface area contributed by atoms with Crippen molar-refractivity contribution in [2.24, 2.45) is 17.2 Å². The molecule has 5 heteroatoms. The van der Waals surface area contributed by atoms with E-state index in [2.05, 4.69) is 17.5 Å². The van der Waals surface area contributed by atoms with E-state index in [1.165, 1.54) is 5.57 Å². The molecule has 5 nitrogen and oxygen atoms in total. The molecule has 29 heavy (non-hydrogen) atoms. The Labute approximate surface area is 174 Å². The standard InChI is InChI=1S/C24H35NO4/c1-4-5-10-19(2)13-16-22(27)17-14-21-15-18-24(29-25-28)23(21)12-9-7-6-8-11-20(3)26/h4-5,7,9-10,14,17,21,23-24H,6,8,11-13,15-16,18H2,1-3H3/b5-4-,9-7-,17-14+,19-10+. The van der Waals surface area contributed by atoms with Crippen LogP contribution in [0.15, 0.2) is 53.4 Å². The van der Waals surface area contributed by atoms with Gasteiger partial charge in [-0.15, -0.1) is 4.91 Å². The monoisotopic (exact) mass is 401 g/mol. The number of allylic oxidation sites excluding steroid dienone is 8. The Morgan fingerprint density at radius 2 is 1.90 bits per heavy atom. The van der Waals surface area contributed by atoms with Crippen molar-refractivity contribution < 1.29 is 14.4 Å². The van der Waals surface area contributed by atoms with Crippen molar-refractivity contribution in [3.05, 3.63) is 53.0 Å². The molecule has 0 radical (unpaired) electrons. The SMILES string of the molecule is C/C=C\C=C(/C)CCC(=O)/C=C/C1CCC(ON=O)C1C/C=C\CCCC(C)=O. The van der Waals surface area contributed by atoms with Crippen molar-refractivity contribution in [3.8, 4) is 0 Å². The second-order valence-corrected chi connectivity index (χ2v) is 7.79. The fraction of sp³-hybridized carbons (Fsp3) is 0.583. The van der Waals surface area contributed by atoms with E-state index in [0.717, 1.165) is 38.5 Å². The first kappa shape index (κ1) is 24.7. The van der Waals surface area contributed by atoms with E-state index in [0.29, 0.717) is 12.8 Å². The van der Waals surface area contributed by atoms with Gasteiger partial charge >= 0.3 is 0 Å². The third-order valence-corrected chi connectivity index (χ3v) is 5.33. The van der Waals surface area contributed by atoms with Gasteiger partial charge < -0.3 is 9.63 Å². The molecule has 0 aliphatic heterocycles. The fourth-order valence-corrected chi connectivity index (χ4v) is 3.63. The largest absolute Gasteiger partial charge is 0.360 e. The van der Waals surface area contributed by atoms with Crippen LogP contribution in [0, 0.1) is 16.7 Å². The van der Waals surface area contributed by atoms with Crippen LogP contribution in [0.25, 0.3) is 0 Å². The molecule has 0 amide bonds. The summed E-state index contributed by atoms with van der Waals surface area (Å²) in [5.41, 5.74) is 1.18. The van der Waals surface area contributed by atoms with E-state index in [4.69, 9.17) is 4.84 Å². The number of carbonyl (C=O) groups excluding carboxylic acids is 2. The van der Waals surface area contributed by atoms with Crippen molar-refractivity contribution in [1.82, 2.24) is 0 Å². The number of ketones is 2. The van der Waals surface area contributed by atoms with E-state index in [1.54, 1.807) is 13.0 Å². The van der Waals surface area contributed by atoms with E-state index in [-0.39, 0.29) is 29.5 Å². The van der Waals surface area contributed by atoms with Crippen LogP contribution in [-0.2, 0) is 14.4 Å². The van der Waals surface area contributed by atoms with Gasteiger partial charge in [0.05, 0.1) is 0 Å². The van der Waals surface area contributed by atoms with Crippen LogP contribution >= 0.6 is 0 Å². The molecule has 0 heterocycles. The van der Waals surface area contributed by atoms with Gasteiger partial charge in [-0.1, -0.05) is 42.0 Å². The summed E-state index contributed by atoms with van der Waals surface area (Å²) in [5.74, 6) is 0.668. The van der Waals surface area contributed by atoms with Gasteiger partial charge in [-0.3, -0.25) is 4.79 Å². The van der Waals surface area contributed by atoms with Crippen LogP contribution in [-0.4, -0.2) is 17.7 Å². The molecule has 1 aliphatic rings. The minimum atomic E-state index is -0.204. The van der Waals surface area contributed by atoms with Crippen LogP contribution in [0.1, 0.15) is 72.1 Å². The summed E-state index contributed by atoms with van der Waals surface area (Å²) >= 11 is 0. The van der Waals surface area contributed by atoms with Crippen LogP contribution < -0.4 is 0 Å². The zero-order valence-electron chi connectivity index (χ0n) is 18.0. The maximum atomic E-state index is 12.2. The molecule has 0 aromatic rings.